The molecule has 0 atom stereocenters. The first-order chi connectivity index (χ1) is 9.58. The molecule has 0 spiro atoms. The Bertz CT molecular complexity index is 591. The van der Waals surface area contributed by atoms with Crippen molar-refractivity contribution in [2.75, 3.05) is 12.4 Å². The number of aromatic nitrogens is 2. The van der Waals surface area contributed by atoms with Crippen LogP contribution in [0.4, 0.5) is 5.69 Å². The Kier molecular flexibility index (Phi) is 4.63. The van der Waals surface area contributed by atoms with E-state index in [9.17, 15) is 4.79 Å². The third-order valence-electron chi connectivity index (χ3n) is 2.81. The summed E-state index contributed by atoms with van der Waals surface area (Å²) in [6, 6.07) is 7.23. The first-order valence-electron chi connectivity index (χ1n) is 6.22. The summed E-state index contributed by atoms with van der Waals surface area (Å²) in [4.78, 5) is 11.9. The molecule has 0 aliphatic carbocycles. The Morgan fingerprint density at radius 1 is 1.50 bits per heavy atom. The first kappa shape index (κ1) is 14.4. The van der Waals surface area contributed by atoms with E-state index in [0.29, 0.717) is 29.4 Å². The van der Waals surface area contributed by atoms with Gasteiger partial charge in [-0.05, 0) is 19.1 Å². The largest absolute Gasteiger partial charge is 0.497 e. The van der Waals surface area contributed by atoms with E-state index in [0.717, 1.165) is 5.69 Å². The van der Waals surface area contributed by atoms with Crippen molar-refractivity contribution in [1.29, 1.82) is 0 Å². The van der Waals surface area contributed by atoms with Crippen molar-refractivity contribution >= 4 is 23.2 Å². The Morgan fingerprint density at radius 3 is 2.95 bits per heavy atom. The molecule has 0 radical (unpaired) electrons. The Balaban J connectivity index is 1.89. The zero-order valence-corrected chi connectivity index (χ0v) is 12.1. The van der Waals surface area contributed by atoms with Gasteiger partial charge in [-0.2, -0.15) is 5.10 Å². The number of benzene rings is 1. The fourth-order valence-electron chi connectivity index (χ4n) is 1.75. The van der Waals surface area contributed by atoms with Gasteiger partial charge in [0, 0.05) is 30.9 Å². The van der Waals surface area contributed by atoms with Crippen LogP contribution in [0.5, 0.6) is 5.75 Å². The number of aryl methyl sites for hydroxylation is 2. The lowest BCUT2D eigenvalue weighted by Gasteiger charge is -2.07. The van der Waals surface area contributed by atoms with Crippen LogP contribution in [-0.2, 0) is 11.3 Å². The van der Waals surface area contributed by atoms with Crippen LogP contribution >= 0.6 is 11.6 Å². The van der Waals surface area contributed by atoms with E-state index < -0.39 is 0 Å². The van der Waals surface area contributed by atoms with Crippen LogP contribution in [0, 0.1) is 6.92 Å². The smallest absolute Gasteiger partial charge is 0.226 e. The highest BCUT2D eigenvalue weighted by Crippen LogP contribution is 2.17. The average molecular weight is 294 g/mol. The molecule has 0 bridgehead atoms. The monoisotopic (exact) mass is 293 g/mol. The minimum absolute atomic E-state index is 0.0810. The van der Waals surface area contributed by atoms with Crippen molar-refractivity contribution in [1.82, 2.24) is 9.78 Å². The molecular weight excluding hydrogens is 278 g/mol. The highest BCUT2D eigenvalue weighted by atomic mass is 35.5. The summed E-state index contributed by atoms with van der Waals surface area (Å²) < 4.78 is 6.77. The van der Waals surface area contributed by atoms with Crippen molar-refractivity contribution in [3.63, 3.8) is 0 Å². The van der Waals surface area contributed by atoms with Gasteiger partial charge in [0.1, 0.15) is 5.75 Å². The lowest BCUT2D eigenvalue weighted by Crippen LogP contribution is -2.14. The molecule has 5 nitrogen and oxygen atoms in total. The summed E-state index contributed by atoms with van der Waals surface area (Å²) in [6.07, 6.45) is 2.05. The van der Waals surface area contributed by atoms with Crippen LogP contribution in [0.2, 0.25) is 5.02 Å². The number of nitrogens with one attached hydrogen (secondary N) is 1. The lowest BCUT2D eigenvalue weighted by molar-refractivity contribution is -0.116. The standard InChI is InChI=1S/C14H16ClN3O2/c1-10-13(15)9-18(17-10)7-6-14(19)16-11-4-3-5-12(8-11)20-2/h3-5,8-9H,6-7H2,1-2H3,(H,16,19). The van der Waals surface area contributed by atoms with Gasteiger partial charge in [0.05, 0.1) is 17.8 Å². The van der Waals surface area contributed by atoms with E-state index in [4.69, 9.17) is 16.3 Å². The van der Waals surface area contributed by atoms with Gasteiger partial charge >= 0.3 is 0 Å². The molecule has 2 rings (SSSR count). The predicted molar refractivity (Wildman–Crippen MR) is 78.2 cm³/mol. The Hall–Kier alpha value is -2.01. The van der Waals surface area contributed by atoms with Crippen molar-refractivity contribution in [3.05, 3.63) is 41.2 Å². The predicted octanol–water partition coefficient (Wildman–Crippen LogP) is 2.88. The molecule has 6 heteroatoms. The van der Waals surface area contributed by atoms with Crippen molar-refractivity contribution in [3.8, 4) is 5.75 Å². The molecule has 1 heterocycles. The van der Waals surface area contributed by atoms with E-state index >= 15 is 0 Å². The number of carbonyl (C=O) groups excluding carboxylic acids is 1. The van der Waals surface area contributed by atoms with E-state index in [2.05, 4.69) is 10.4 Å². The molecule has 0 aliphatic rings. The van der Waals surface area contributed by atoms with Crippen molar-refractivity contribution < 1.29 is 9.53 Å². The molecule has 0 saturated carbocycles. The van der Waals surface area contributed by atoms with Crippen LogP contribution in [-0.4, -0.2) is 22.8 Å². The molecule has 1 aromatic heterocycles. The second kappa shape index (κ2) is 6.43. The number of rotatable bonds is 5. The van der Waals surface area contributed by atoms with Crippen LogP contribution in [0.25, 0.3) is 0 Å². The normalized spacial score (nSPS) is 10.3. The number of ether oxygens (including phenoxy) is 1. The summed E-state index contributed by atoms with van der Waals surface area (Å²) in [6.45, 7) is 2.32. The molecule has 20 heavy (non-hydrogen) atoms. The molecule has 1 amide bonds. The maximum Gasteiger partial charge on any atom is 0.226 e. The first-order valence-corrected chi connectivity index (χ1v) is 6.60. The zero-order valence-electron chi connectivity index (χ0n) is 11.4. The Labute approximate surface area is 122 Å². The second-order valence-electron chi connectivity index (χ2n) is 4.36. The summed E-state index contributed by atoms with van der Waals surface area (Å²) in [5.41, 5.74) is 1.48. The van der Waals surface area contributed by atoms with Crippen LogP contribution in [0.15, 0.2) is 30.5 Å². The SMILES string of the molecule is COc1cccc(NC(=O)CCn2cc(Cl)c(C)n2)c1. The average Bonchev–Trinajstić information content (AvgIpc) is 2.76. The maximum absolute atomic E-state index is 11.9. The number of amides is 1. The number of methoxy groups -OCH3 is 1. The molecule has 0 aliphatic heterocycles. The molecule has 1 N–H and O–H groups in total. The summed E-state index contributed by atoms with van der Waals surface area (Å²) in [7, 11) is 1.59. The quantitative estimate of drug-likeness (QED) is 0.922. The van der Waals surface area contributed by atoms with Crippen molar-refractivity contribution in [2.45, 2.75) is 19.9 Å². The van der Waals surface area contributed by atoms with E-state index in [-0.39, 0.29) is 5.91 Å². The number of anilines is 1. The van der Waals surface area contributed by atoms with Crippen LogP contribution < -0.4 is 10.1 Å². The third-order valence-corrected chi connectivity index (χ3v) is 3.18. The van der Waals surface area contributed by atoms with Gasteiger partial charge in [0.25, 0.3) is 0 Å². The number of carbonyl (C=O) groups is 1. The lowest BCUT2D eigenvalue weighted by atomic mass is 10.3. The van der Waals surface area contributed by atoms with Crippen LogP contribution in [0.3, 0.4) is 0 Å². The topological polar surface area (TPSA) is 56.1 Å². The van der Waals surface area contributed by atoms with Gasteiger partial charge in [-0.15, -0.1) is 0 Å². The highest BCUT2D eigenvalue weighted by Gasteiger charge is 2.06. The number of hydrogen-bond acceptors (Lipinski definition) is 3. The molecule has 1 aromatic carbocycles. The second-order valence-corrected chi connectivity index (χ2v) is 4.76. The number of nitrogens with zero attached hydrogens (tertiary/aromatic N) is 2. The summed E-state index contributed by atoms with van der Waals surface area (Å²) >= 11 is 5.91. The number of hydrogen-bond donors (Lipinski definition) is 1. The molecule has 0 unspecified atom stereocenters. The van der Waals surface area contributed by atoms with Gasteiger partial charge in [0.15, 0.2) is 0 Å². The fourth-order valence-corrected chi connectivity index (χ4v) is 1.90. The van der Waals surface area contributed by atoms with Gasteiger partial charge in [0.2, 0.25) is 5.91 Å². The molecule has 106 valence electrons. The fraction of sp³-hybridized carbons (Fsp3) is 0.286. The van der Waals surface area contributed by atoms with Crippen LogP contribution in [0.1, 0.15) is 12.1 Å². The molecule has 0 saturated heterocycles. The zero-order chi connectivity index (χ0) is 14.5. The maximum atomic E-state index is 11.9. The van der Waals surface area contributed by atoms with Gasteiger partial charge in [-0.25, -0.2) is 0 Å². The van der Waals surface area contributed by atoms with Gasteiger partial charge in [-0.3, -0.25) is 9.48 Å². The van der Waals surface area contributed by atoms with Gasteiger partial charge in [-0.1, -0.05) is 17.7 Å². The third kappa shape index (κ3) is 3.74. The highest BCUT2D eigenvalue weighted by molar-refractivity contribution is 6.31. The van der Waals surface area contributed by atoms with E-state index in [1.165, 1.54) is 0 Å². The van der Waals surface area contributed by atoms with E-state index in [1.807, 2.05) is 25.1 Å². The molecule has 2 aromatic rings. The number of halogens is 1. The minimum atomic E-state index is -0.0810. The Morgan fingerprint density at radius 2 is 2.30 bits per heavy atom. The molecular formula is C14H16ClN3O2. The molecule has 0 fully saturated rings. The summed E-state index contributed by atoms with van der Waals surface area (Å²) in [5, 5.41) is 7.63. The summed E-state index contributed by atoms with van der Waals surface area (Å²) in [5.74, 6) is 0.625. The van der Waals surface area contributed by atoms with Gasteiger partial charge < -0.3 is 10.1 Å². The minimum Gasteiger partial charge on any atom is -0.497 e. The van der Waals surface area contributed by atoms with Crippen molar-refractivity contribution in [2.24, 2.45) is 0 Å². The van der Waals surface area contributed by atoms with E-state index in [1.54, 1.807) is 24.1 Å².